The van der Waals surface area contributed by atoms with Crippen molar-refractivity contribution in [3.8, 4) is 0 Å². The molecule has 1 rings (SSSR count). The minimum absolute atomic E-state index is 0.0220. The molecule has 78 valence electrons. The molecule has 0 bridgehead atoms. The summed E-state index contributed by atoms with van der Waals surface area (Å²) in [4.78, 5) is 22.8. The highest BCUT2D eigenvalue weighted by Gasteiger charge is 2.08. The minimum atomic E-state index is -0.746. The number of nitrogen functional groups attached to an aromatic ring is 1. The average Bonchev–Trinajstić information content (AvgIpc) is 2.09. The molecule has 0 aliphatic heterocycles. The van der Waals surface area contributed by atoms with E-state index in [0.717, 1.165) is 15.2 Å². The molecule has 0 spiro atoms. The van der Waals surface area contributed by atoms with Crippen LogP contribution in [0.15, 0.2) is 15.7 Å². The smallest absolute Gasteiger partial charge is 0.332 e. The van der Waals surface area contributed by atoms with Gasteiger partial charge in [0.2, 0.25) is 0 Å². The molecule has 1 aromatic heterocycles. The Hall–Kier alpha value is -1.56. The van der Waals surface area contributed by atoms with Crippen LogP contribution in [0.1, 0.15) is 6.92 Å². The van der Waals surface area contributed by atoms with Gasteiger partial charge in [-0.2, -0.15) is 0 Å². The maximum atomic E-state index is 11.5. The number of anilines is 1. The fraction of sp³-hybridized carbons (Fsp3) is 0.500. The van der Waals surface area contributed by atoms with Crippen molar-refractivity contribution in [3.05, 3.63) is 26.9 Å². The van der Waals surface area contributed by atoms with Gasteiger partial charge in [-0.1, -0.05) is 0 Å². The van der Waals surface area contributed by atoms with Crippen LogP contribution in [0.25, 0.3) is 0 Å². The van der Waals surface area contributed by atoms with Gasteiger partial charge in [0.05, 0.1) is 12.6 Å². The monoisotopic (exact) mass is 199 g/mol. The summed E-state index contributed by atoms with van der Waals surface area (Å²) in [7, 11) is 1.47. The summed E-state index contributed by atoms with van der Waals surface area (Å²) < 4.78 is 2.10. The molecule has 0 aliphatic rings. The third-order valence-corrected chi connectivity index (χ3v) is 1.89. The first kappa shape index (κ1) is 10.5. The van der Waals surface area contributed by atoms with Crippen LogP contribution in [-0.4, -0.2) is 20.3 Å². The molecule has 3 N–H and O–H groups in total. The third-order valence-electron chi connectivity index (χ3n) is 1.89. The Kier molecular flexibility index (Phi) is 2.76. The highest BCUT2D eigenvalue weighted by Crippen LogP contribution is 1.90. The SMILES string of the molecule is CC(O)Cn1c(=O)cc(N)n(C)c1=O. The first-order chi connectivity index (χ1) is 6.43. The lowest BCUT2D eigenvalue weighted by Crippen LogP contribution is -2.41. The second-order valence-electron chi connectivity index (χ2n) is 3.21. The molecule has 0 aliphatic carbocycles. The maximum absolute atomic E-state index is 11.5. The number of aliphatic hydroxyl groups is 1. The van der Waals surface area contributed by atoms with Crippen molar-refractivity contribution in [2.24, 2.45) is 7.05 Å². The first-order valence-electron chi connectivity index (χ1n) is 4.18. The largest absolute Gasteiger partial charge is 0.392 e. The van der Waals surface area contributed by atoms with Gasteiger partial charge in [-0.15, -0.1) is 0 Å². The van der Waals surface area contributed by atoms with E-state index in [1.54, 1.807) is 0 Å². The van der Waals surface area contributed by atoms with Crippen LogP contribution in [0.3, 0.4) is 0 Å². The molecule has 0 aromatic carbocycles. The van der Waals surface area contributed by atoms with E-state index < -0.39 is 17.4 Å². The highest BCUT2D eigenvalue weighted by molar-refractivity contribution is 5.25. The van der Waals surface area contributed by atoms with Crippen LogP contribution in [-0.2, 0) is 13.6 Å². The van der Waals surface area contributed by atoms with Crippen molar-refractivity contribution in [2.75, 3.05) is 5.73 Å². The fourth-order valence-corrected chi connectivity index (χ4v) is 1.12. The van der Waals surface area contributed by atoms with Gasteiger partial charge < -0.3 is 10.8 Å². The molecule has 0 amide bonds. The van der Waals surface area contributed by atoms with E-state index in [1.807, 2.05) is 0 Å². The summed E-state index contributed by atoms with van der Waals surface area (Å²) in [5, 5.41) is 9.08. The van der Waals surface area contributed by atoms with Gasteiger partial charge in [0.25, 0.3) is 5.56 Å². The number of aromatic nitrogens is 2. The summed E-state index contributed by atoms with van der Waals surface area (Å²) in [6.45, 7) is 1.48. The Morgan fingerprint density at radius 1 is 1.57 bits per heavy atom. The Labute approximate surface area is 80.2 Å². The van der Waals surface area contributed by atoms with Gasteiger partial charge in [0.15, 0.2) is 0 Å². The van der Waals surface area contributed by atoms with Crippen LogP contribution < -0.4 is 17.0 Å². The van der Waals surface area contributed by atoms with Crippen LogP contribution >= 0.6 is 0 Å². The summed E-state index contributed by atoms with van der Waals surface area (Å²) in [5.74, 6) is 0.113. The Morgan fingerprint density at radius 2 is 2.14 bits per heavy atom. The van der Waals surface area contributed by atoms with Crippen molar-refractivity contribution in [2.45, 2.75) is 19.6 Å². The summed E-state index contributed by atoms with van der Waals surface area (Å²) in [6, 6.07) is 1.16. The van der Waals surface area contributed by atoms with Crippen molar-refractivity contribution < 1.29 is 5.11 Å². The predicted octanol–water partition coefficient (Wildman–Crippen LogP) is -1.49. The van der Waals surface area contributed by atoms with Gasteiger partial charge in [0.1, 0.15) is 5.82 Å². The summed E-state index contributed by atoms with van der Waals surface area (Å²) in [6.07, 6.45) is -0.746. The molecule has 1 aromatic rings. The molecule has 6 nitrogen and oxygen atoms in total. The van der Waals surface area contributed by atoms with Crippen molar-refractivity contribution in [3.63, 3.8) is 0 Å². The third kappa shape index (κ3) is 1.85. The van der Waals surface area contributed by atoms with Gasteiger partial charge in [0, 0.05) is 13.1 Å². The lowest BCUT2D eigenvalue weighted by Gasteiger charge is -2.09. The molecule has 14 heavy (non-hydrogen) atoms. The maximum Gasteiger partial charge on any atom is 0.332 e. The normalized spacial score (nSPS) is 12.8. The average molecular weight is 199 g/mol. The lowest BCUT2D eigenvalue weighted by atomic mass is 10.4. The van der Waals surface area contributed by atoms with E-state index in [0.29, 0.717) is 0 Å². The minimum Gasteiger partial charge on any atom is -0.392 e. The molecule has 0 saturated heterocycles. The number of nitrogens with two attached hydrogens (primary N) is 1. The van der Waals surface area contributed by atoms with E-state index in [-0.39, 0.29) is 12.4 Å². The van der Waals surface area contributed by atoms with Gasteiger partial charge in [-0.3, -0.25) is 13.9 Å². The second-order valence-corrected chi connectivity index (χ2v) is 3.21. The topological polar surface area (TPSA) is 90.2 Å². The number of hydrogen-bond acceptors (Lipinski definition) is 4. The quantitative estimate of drug-likeness (QED) is 0.607. The Morgan fingerprint density at radius 3 is 2.64 bits per heavy atom. The highest BCUT2D eigenvalue weighted by atomic mass is 16.3. The van der Waals surface area contributed by atoms with E-state index >= 15 is 0 Å². The molecule has 6 heteroatoms. The van der Waals surface area contributed by atoms with Crippen molar-refractivity contribution >= 4 is 5.82 Å². The molecule has 0 radical (unpaired) electrons. The van der Waals surface area contributed by atoms with Crippen molar-refractivity contribution in [1.82, 2.24) is 9.13 Å². The number of nitrogens with zero attached hydrogens (tertiary/aromatic N) is 2. The molecular formula is C8H13N3O3. The van der Waals surface area contributed by atoms with Crippen molar-refractivity contribution in [1.29, 1.82) is 0 Å². The van der Waals surface area contributed by atoms with E-state index in [1.165, 1.54) is 14.0 Å². The lowest BCUT2D eigenvalue weighted by molar-refractivity contribution is 0.169. The van der Waals surface area contributed by atoms with Crippen LogP contribution in [0.5, 0.6) is 0 Å². The molecular weight excluding hydrogens is 186 g/mol. The Balaban J connectivity index is 3.38. The van der Waals surface area contributed by atoms with Gasteiger partial charge in [-0.05, 0) is 6.92 Å². The molecule has 0 saturated carbocycles. The zero-order valence-electron chi connectivity index (χ0n) is 8.10. The summed E-state index contributed by atoms with van der Waals surface area (Å²) >= 11 is 0. The van der Waals surface area contributed by atoms with E-state index in [4.69, 9.17) is 10.8 Å². The Bertz CT molecular complexity index is 444. The zero-order valence-corrected chi connectivity index (χ0v) is 8.10. The number of rotatable bonds is 2. The number of aliphatic hydroxyl groups excluding tert-OH is 1. The second kappa shape index (κ2) is 3.67. The molecule has 1 atom stereocenters. The molecule has 0 fully saturated rings. The molecule has 1 unspecified atom stereocenters. The standard InChI is InChI=1S/C8H13N3O3/c1-5(12)4-11-7(13)3-6(9)10(2)8(11)14/h3,5,12H,4,9H2,1-2H3. The summed E-state index contributed by atoms with van der Waals surface area (Å²) in [5.41, 5.74) is 4.40. The van der Waals surface area contributed by atoms with E-state index in [2.05, 4.69) is 0 Å². The van der Waals surface area contributed by atoms with Gasteiger partial charge >= 0.3 is 5.69 Å². The predicted molar refractivity (Wildman–Crippen MR) is 52.0 cm³/mol. The zero-order chi connectivity index (χ0) is 10.9. The van der Waals surface area contributed by atoms with E-state index in [9.17, 15) is 9.59 Å². The van der Waals surface area contributed by atoms with Crippen LogP contribution in [0.2, 0.25) is 0 Å². The van der Waals surface area contributed by atoms with Crippen LogP contribution in [0.4, 0.5) is 5.82 Å². The van der Waals surface area contributed by atoms with Crippen LogP contribution in [0, 0.1) is 0 Å². The fourth-order valence-electron chi connectivity index (χ4n) is 1.12. The first-order valence-corrected chi connectivity index (χ1v) is 4.18. The van der Waals surface area contributed by atoms with Gasteiger partial charge in [-0.25, -0.2) is 4.79 Å². The number of hydrogen-bond donors (Lipinski definition) is 2. The molecule has 1 heterocycles.